The van der Waals surface area contributed by atoms with Crippen molar-refractivity contribution in [2.45, 2.75) is 13.5 Å². The monoisotopic (exact) mass is 378 g/mol. The third kappa shape index (κ3) is 4.14. The van der Waals surface area contributed by atoms with Crippen molar-refractivity contribution in [1.29, 1.82) is 5.26 Å². The highest BCUT2D eigenvalue weighted by Gasteiger charge is 1.99. The van der Waals surface area contributed by atoms with Crippen molar-refractivity contribution in [2.75, 3.05) is 11.9 Å². The molecule has 2 rings (SSSR count). The predicted octanol–water partition coefficient (Wildman–Crippen LogP) is 4.11. The van der Waals surface area contributed by atoms with Gasteiger partial charge in [-0.3, -0.25) is 0 Å². The molecule has 0 bridgehead atoms. The van der Waals surface area contributed by atoms with Crippen LogP contribution in [0.2, 0.25) is 0 Å². The van der Waals surface area contributed by atoms with E-state index in [1.165, 1.54) is 14.7 Å². The van der Waals surface area contributed by atoms with Crippen LogP contribution in [-0.2, 0) is 6.54 Å². The SMILES string of the molecule is Cc1ccc(NCc2ccc(OCC#N)cc2)cc1I. The van der Waals surface area contributed by atoms with Crippen molar-refractivity contribution in [3.8, 4) is 11.8 Å². The molecule has 0 amide bonds. The third-order valence-electron chi connectivity index (χ3n) is 2.90. The molecule has 3 nitrogen and oxygen atoms in total. The molecule has 4 heteroatoms. The summed E-state index contributed by atoms with van der Waals surface area (Å²) in [5, 5.41) is 11.8. The minimum absolute atomic E-state index is 0.0827. The molecule has 1 N–H and O–H groups in total. The first-order chi connectivity index (χ1) is 9.69. The summed E-state index contributed by atoms with van der Waals surface area (Å²) in [6, 6.07) is 16.1. The molecule has 20 heavy (non-hydrogen) atoms. The van der Waals surface area contributed by atoms with Crippen LogP contribution in [0.5, 0.6) is 5.75 Å². The standard InChI is InChI=1S/C16H15IN2O/c1-12-2-5-14(10-16(12)17)19-11-13-3-6-15(7-4-13)20-9-8-18/h2-7,10,19H,9,11H2,1H3. The minimum Gasteiger partial charge on any atom is -0.479 e. The summed E-state index contributed by atoms with van der Waals surface area (Å²) >= 11 is 2.34. The lowest BCUT2D eigenvalue weighted by Gasteiger charge is -2.09. The number of ether oxygens (including phenoxy) is 1. The first-order valence-electron chi connectivity index (χ1n) is 6.28. The van der Waals surface area contributed by atoms with Gasteiger partial charge in [-0.25, -0.2) is 0 Å². The number of rotatable bonds is 5. The van der Waals surface area contributed by atoms with Crippen molar-refractivity contribution in [2.24, 2.45) is 0 Å². The lowest BCUT2D eigenvalue weighted by molar-refractivity contribution is 0.368. The number of hydrogen-bond donors (Lipinski definition) is 1. The Bertz CT molecular complexity index is 617. The van der Waals surface area contributed by atoms with Crippen LogP contribution < -0.4 is 10.1 Å². The molecule has 0 aliphatic carbocycles. The Morgan fingerprint density at radius 2 is 1.95 bits per heavy atom. The van der Waals surface area contributed by atoms with E-state index < -0.39 is 0 Å². The van der Waals surface area contributed by atoms with E-state index in [4.69, 9.17) is 10.00 Å². The van der Waals surface area contributed by atoms with Gasteiger partial charge in [0.1, 0.15) is 11.8 Å². The quantitative estimate of drug-likeness (QED) is 0.797. The zero-order valence-electron chi connectivity index (χ0n) is 11.2. The third-order valence-corrected chi connectivity index (χ3v) is 4.06. The number of aryl methyl sites for hydroxylation is 1. The van der Waals surface area contributed by atoms with Gasteiger partial charge in [0, 0.05) is 15.8 Å². The van der Waals surface area contributed by atoms with Gasteiger partial charge in [-0.2, -0.15) is 5.26 Å². The average molecular weight is 378 g/mol. The molecule has 0 aliphatic heterocycles. The van der Waals surface area contributed by atoms with E-state index in [0.717, 1.165) is 18.0 Å². The Kier molecular flexibility index (Phi) is 5.24. The Hall–Kier alpha value is -1.74. The highest BCUT2D eigenvalue weighted by molar-refractivity contribution is 14.1. The smallest absolute Gasteiger partial charge is 0.174 e. The molecular formula is C16H15IN2O. The second-order valence-electron chi connectivity index (χ2n) is 4.41. The van der Waals surface area contributed by atoms with Gasteiger partial charge in [-0.1, -0.05) is 18.2 Å². The molecule has 0 unspecified atom stereocenters. The Morgan fingerprint density at radius 1 is 1.20 bits per heavy atom. The van der Waals surface area contributed by atoms with Crippen LogP contribution in [-0.4, -0.2) is 6.61 Å². The first kappa shape index (κ1) is 14.7. The van der Waals surface area contributed by atoms with Crippen molar-refractivity contribution in [3.63, 3.8) is 0 Å². The summed E-state index contributed by atoms with van der Waals surface area (Å²) in [5.74, 6) is 0.722. The molecule has 0 heterocycles. The first-order valence-corrected chi connectivity index (χ1v) is 7.35. The number of nitrogens with one attached hydrogen (secondary N) is 1. The van der Waals surface area contributed by atoms with Crippen LogP contribution in [0.3, 0.4) is 0 Å². The molecule has 2 aromatic rings. The van der Waals surface area contributed by atoms with Crippen LogP contribution in [0.4, 0.5) is 5.69 Å². The van der Waals surface area contributed by atoms with E-state index in [9.17, 15) is 0 Å². The number of benzene rings is 2. The van der Waals surface area contributed by atoms with Gasteiger partial charge in [-0.15, -0.1) is 0 Å². The lowest BCUT2D eigenvalue weighted by Crippen LogP contribution is -2.00. The van der Waals surface area contributed by atoms with Gasteiger partial charge in [0.2, 0.25) is 0 Å². The molecule has 0 radical (unpaired) electrons. The molecule has 2 aromatic carbocycles. The fraction of sp³-hybridized carbons (Fsp3) is 0.188. The summed E-state index contributed by atoms with van der Waals surface area (Å²) in [4.78, 5) is 0. The van der Waals surface area contributed by atoms with E-state index in [2.05, 4.69) is 53.0 Å². The van der Waals surface area contributed by atoms with Gasteiger partial charge < -0.3 is 10.1 Å². The second kappa shape index (κ2) is 7.15. The van der Waals surface area contributed by atoms with Crippen molar-refractivity contribution >= 4 is 28.3 Å². The summed E-state index contributed by atoms with van der Waals surface area (Å²) in [7, 11) is 0. The van der Waals surface area contributed by atoms with E-state index >= 15 is 0 Å². The molecule has 0 atom stereocenters. The molecular weight excluding hydrogens is 363 g/mol. The van der Waals surface area contributed by atoms with Crippen LogP contribution in [0.1, 0.15) is 11.1 Å². The largest absolute Gasteiger partial charge is 0.479 e. The Balaban J connectivity index is 1.93. The Labute approximate surface area is 132 Å². The molecule has 0 spiro atoms. The highest BCUT2D eigenvalue weighted by Crippen LogP contribution is 2.18. The fourth-order valence-electron chi connectivity index (χ4n) is 1.73. The van der Waals surface area contributed by atoms with Gasteiger partial charge in [0.15, 0.2) is 6.61 Å². The summed E-state index contributed by atoms with van der Waals surface area (Å²) in [6.07, 6.45) is 0. The highest BCUT2D eigenvalue weighted by atomic mass is 127. The van der Waals surface area contributed by atoms with E-state index in [-0.39, 0.29) is 6.61 Å². The number of hydrogen-bond acceptors (Lipinski definition) is 3. The average Bonchev–Trinajstić information content (AvgIpc) is 2.47. The molecule has 0 aliphatic rings. The van der Waals surface area contributed by atoms with Crippen LogP contribution in [0.25, 0.3) is 0 Å². The van der Waals surface area contributed by atoms with E-state index in [0.29, 0.717) is 0 Å². The maximum atomic E-state index is 8.45. The van der Waals surface area contributed by atoms with Gasteiger partial charge >= 0.3 is 0 Å². The van der Waals surface area contributed by atoms with Crippen LogP contribution in [0, 0.1) is 21.8 Å². The van der Waals surface area contributed by atoms with E-state index in [1.807, 2.05) is 30.3 Å². The fourth-order valence-corrected chi connectivity index (χ4v) is 2.24. The zero-order valence-corrected chi connectivity index (χ0v) is 13.3. The van der Waals surface area contributed by atoms with Crippen LogP contribution >= 0.6 is 22.6 Å². The molecule has 102 valence electrons. The minimum atomic E-state index is 0.0827. The summed E-state index contributed by atoms with van der Waals surface area (Å²) < 4.78 is 6.48. The second-order valence-corrected chi connectivity index (χ2v) is 5.57. The number of anilines is 1. The van der Waals surface area contributed by atoms with Crippen molar-refractivity contribution in [1.82, 2.24) is 0 Å². The van der Waals surface area contributed by atoms with Gasteiger partial charge in [0.05, 0.1) is 0 Å². The summed E-state index contributed by atoms with van der Waals surface area (Å²) in [6.45, 7) is 2.95. The van der Waals surface area contributed by atoms with Crippen molar-refractivity contribution < 1.29 is 4.74 Å². The van der Waals surface area contributed by atoms with Gasteiger partial charge in [-0.05, 0) is 64.9 Å². The maximum Gasteiger partial charge on any atom is 0.174 e. The molecule has 0 saturated carbocycles. The normalized spacial score (nSPS) is 9.85. The molecule has 0 saturated heterocycles. The number of nitriles is 1. The number of nitrogens with zero attached hydrogens (tertiary/aromatic N) is 1. The molecule has 0 fully saturated rings. The van der Waals surface area contributed by atoms with Gasteiger partial charge in [0.25, 0.3) is 0 Å². The zero-order chi connectivity index (χ0) is 14.4. The maximum absolute atomic E-state index is 8.45. The van der Waals surface area contributed by atoms with Crippen LogP contribution in [0.15, 0.2) is 42.5 Å². The predicted molar refractivity (Wildman–Crippen MR) is 88.8 cm³/mol. The number of halogens is 1. The van der Waals surface area contributed by atoms with E-state index in [1.54, 1.807) is 0 Å². The Morgan fingerprint density at radius 3 is 2.60 bits per heavy atom. The summed E-state index contributed by atoms with van der Waals surface area (Å²) in [5.41, 5.74) is 3.57. The molecule has 0 aromatic heterocycles. The van der Waals surface area contributed by atoms with Crippen molar-refractivity contribution in [3.05, 3.63) is 57.2 Å². The topological polar surface area (TPSA) is 45.0 Å². The lowest BCUT2D eigenvalue weighted by atomic mass is 10.2.